The molecule has 1 saturated carbocycles. The Labute approximate surface area is 115 Å². The van der Waals surface area contributed by atoms with E-state index in [-0.39, 0.29) is 23.4 Å². The number of nitro groups is 1. The number of nitrogens with one attached hydrogen (secondary N) is 1. The molecule has 7 heteroatoms. The molecule has 1 amide bonds. The number of hydrogen-bond acceptors (Lipinski definition) is 5. The van der Waals surface area contributed by atoms with E-state index in [0.717, 1.165) is 12.8 Å². The van der Waals surface area contributed by atoms with Gasteiger partial charge in [0.05, 0.1) is 11.0 Å². The first-order valence-corrected chi connectivity index (χ1v) is 6.21. The van der Waals surface area contributed by atoms with Crippen LogP contribution in [0.3, 0.4) is 0 Å². The number of ether oxygens (including phenoxy) is 1. The molecule has 1 aliphatic carbocycles. The Morgan fingerprint density at radius 3 is 2.65 bits per heavy atom. The molecule has 20 heavy (non-hydrogen) atoms. The fourth-order valence-electron chi connectivity index (χ4n) is 2.17. The molecule has 1 N–H and O–H groups in total. The van der Waals surface area contributed by atoms with Crippen LogP contribution in [-0.4, -0.2) is 17.1 Å². The third-order valence-corrected chi connectivity index (χ3v) is 3.20. The molecule has 1 aromatic rings. The van der Waals surface area contributed by atoms with Crippen LogP contribution in [0, 0.1) is 27.4 Å². The van der Waals surface area contributed by atoms with E-state index in [1.165, 1.54) is 24.3 Å². The van der Waals surface area contributed by atoms with Crippen LogP contribution in [0.15, 0.2) is 24.3 Å². The van der Waals surface area contributed by atoms with Gasteiger partial charge >= 0.3 is 6.09 Å². The minimum absolute atomic E-state index is 0.0142. The molecule has 2 unspecified atom stereocenters. The zero-order valence-electron chi connectivity index (χ0n) is 10.6. The first-order valence-electron chi connectivity index (χ1n) is 6.21. The van der Waals surface area contributed by atoms with Crippen LogP contribution < -0.4 is 10.1 Å². The zero-order valence-corrected chi connectivity index (χ0v) is 10.6. The van der Waals surface area contributed by atoms with E-state index in [1.54, 1.807) is 0 Å². The minimum Gasteiger partial charge on any atom is -0.410 e. The number of carbonyl (C=O) groups is 1. The number of hydrogen-bond donors (Lipinski definition) is 1. The lowest BCUT2D eigenvalue weighted by atomic mass is 10.1. The van der Waals surface area contributed by atoms with Gasteiger partial charge in [0, 0.05) is 24.1 Å². The average Bonchev–Trinajstić information content (AvgIpc) is 2.86. The van der Waals surface area contributed by atoms with E-state index < -0.39 is 11.0 Å². The molecule has 0 aliphatic heterocycles. The molecule has 7 nitrogen and oxygen atoms in total. The molecule has 1 aromatic carbocycles. The summed E-state index contributed by atoms with van der Waals surface area (Å²) in [5.41, 5.74) is -0.0644. The average molecular weight is 275 g/mol. The van der Waals surface area contributed by atoms with Crippen LogP contribution in [0.2, 0.25) is 0 Å². The Morgan fingerprint density at radius 2 is 2.10 bits per heavy atom. The lowest BCUT2D eigenvalue weighted by molar-refractivity contribution is -0.384. The third kappa shape index (κ3) is 3.45. The highest BCUT2D eigenvalue weighted by molar-refractivity contribution is 5.70. The second-order valence-corrected chi connectivity index (χ2v) is 4.62. The van der Waals surface area contributed by atoms with E-state index in [1.807, 2.05) is 0 Å². The number of benzene rings is 1. The van der Waals surface area contributed by atoms with Crippen LogP contribution >= 0.6 is 0 Å². The highest BCUT2D eigenvalue weighted by Crippen LogP contribution is 2.25. The second kappa shape index (κ2) is 6.02. The fraction of sp³-hybridized carbons (Fsp3) is 0.385. The monoisotopic (exact) mass is 275 g/mol. The SMILES string of the molecule is N#CC1CCC(NC(=O)Oc2ccc([N+](=O)[O-])cc2)C1. The van der Waals surface area contributed by atoms with Crippen molar-refractivity contribution in [1.82, 2.24) is 5.32 Å². The summed E-state index contributed by atoms with van der Waals surface area (Å²) in [4.78, 5) is 21.6. The van der Waals surface area contributed by atoms with Gasteiger partial charge in [-0.05, 0) is 31.4 Å². The maximum atomic E-state index is 11.6. The Kier molecular flexibility index (Phi) is 4.15. The first-order chi connectivity index (χ1) is 9.58. The Hall–Kier alpha value is -2.62. The van der Waals surface area contributed by atoms with Crippen molar-refractivity contribution in [3.05, 3.63) is 34.4 Å². The van der Waals surface area contributed by atoms with Crippen LogP contribution in [0.5, 0.6) is 5.75 Å². The van der Waals surface area contributed by atoms with E-state index in [0.29, 0.717) is 6.42 Å². The largest absolute Gasteiger partial charge is 0.412 e. The van der Waals surface area contributed by atoms with Gasteiger partial charge in [-0.1, -0.05) is 0 Å². The number of amides is 1. The molecular weight excluding hydrogens is 262 g/mol. The molecule has 0 bridgehead atoms. The van der Waals surface area contributed by atoms with Gasteiger partial charge in [0.2, 0.25) is 0 Å². The van der Waals surface area contributed by atoms with E-state index in [4.69, 9.17) is 10.00 Å². The smallest absolute Gasteiger partial charge is 0.410 e. The van der Waals surface area contributed by atoms with Crippen molar-refractivity contribution in [2.75, 3.05) is 0 Å². The van der Waals surface area contributed by atoms with Gasteiger partial charge in [0.15, 0.2) is 0 Å². The Morgan fingerprint density at radius 1 is 1.40 bits per heavy atom. The predicted molar refractivity (Wildman–Crippen MR) is 69.0 cm³/mol. The van der Waals surface area contributed by atoms with Gasteiger partial charge in [0.25, 0.3) is 5.69 Å². The highest BCUT2D eigenvalue weighted by atomic mass is 16.6. The minimum atomic E-state index is -0.609. The molecule has 2 rings (SSSR count). The number of nitro benzene ring substituents is 1. The normalized spacial score (nSPS) is 20.9. The zero-order chi connectivity index (χ0) is 14.5. The Bertz CT molecular complexity index is 550. The summed E-state index contributed by atoms with van der Waals surface area (Å²) in [5.74, 6) is 0.225. The van der Waals surface area contributed by atoms with Crippen molar-refractivity contribution in [3.63, 3.8) is 0 Å². The van der Waals surface area contributed by atoms with E-state index in [2.05, 4.69) is 11.4 Å². The fourth-order valence-corrected chi connectivity index (χ4v) is 2.17. The number of carbonyl (C=O) groups excluding carboxylic acids is 1. The van der Waals surface area contributed by atoms with Crippen molar-refractivity contribution in [2.24, 2.45) is 5.92 Å². The second-order valence-electron chi connectivity index (χ2n) is 4.62. The summed E-state index contributed by atoms with van der Waals surface area (Å²) in [7, 11) is 0. The molecule has 1 aliphatic rings. The van der Waals surface area contributed by atoms with Crippen molar-refractivity contribution >= 4 is 11.8 Å². The van der Waals surface area contributed by atoms with Crippen molar-refractivity contribution in [3.8, 4) is 11.8 Å². The van der Waals surface area contributed by atoms with Crippen LogP contribution in [0.4, 0.5) is 10.5 Å². The molecule has 0 radical (unpaired) electrons. The lowest BCUT2D eigenvalue weighted by Crippen LogP contribution is -2.35. The molecule has 0 saturated heterocycles. The molecule has 1 fully saturated rings. The van der Waals surface area contributed by atoms with Crippen molar-refractivity contribution in [1.29, 1.82) is 5.26 Å². The maximum Gasteiger partial charge on any atom is 0.412 e. The number of nitrogens with zero attached hydrogens (tertiary/aromatic N) is 2. The summed E-state index contributed by atoms with van der Waals surface area (Å²) in [6, 6.07) is 7.39. The number of nitriles is 1. The van der Waals surface area contributed by atoms with Gasteiger partial charge < -0.3 is 10.1 Å². The van der Waals surface area contributed by atoms with Crippen molar-refractivity contribution in [2.45, 2.75) is 25.3 Å². The van der Waals surface area contributed by atoms with Gasteiger partial charge in [-0.15, -0.1) is 0 Å². The molecule has 0 aromatic heterocycles. The molecule has 2 atom stereocenters. The number of rotatable bonds is 3. The molecule has 0 heterocycles. The summed E-state index contributed by atoms with van der Waals surface area (Å²) in [6.07, 6.45) is 1.56. The maximum absolute atomic E-state index is 11.6. The van der Waals surface area contributed by atoms with E-state index >= 15 is 0 Å². The molecule has 104 valence electrons. The summed E-state index contributed by atoms with van der Waals surface area (Å²) >= 11 is 0. The standard InChI is InChI=1S/C13H13N3O4/c14-8-9-1-2-10(7-9)15-13(17)20-12-5-3-11(4-6-12)16(18)19/h3-6,9-10H,1-2,7H2,(H,15,17). The highest BCUT2D eigenvalue weighted by Gasteiger charge is 2.26. The van der Waals surface area contributed by atoms with Crippen molar-refractivity contribution < 1.29 is 14.5 Å². The predicted octanol–water partition coefficient (Wildman–Crippen LogP) is 2.38. The quantitative estimate of drug-likeness (QED) is 0.673. The van der Waals surface area contributed by atoms with Gasteiger partial charge in [-0.25, -0.2) is 4.79 Å². The first kappa shape index (κ1) is 13.8. The summed E-state index contributed by atoms with van der Waals surface area (Å²) in [5, 5.41) is 21.9. The molecule has 0 spiro atoms. The van der Waals surface area contributed by atoms with E-state index in [9.17, 15) is 14.9 Å². The van der Waals surface area contributed by atoms with Gasteiger partial charge in [0.1, 0.15) is 5.75 Å². The topological polar surface area (TPSA) is 105 Å². The van der Waals surface area contributed by atoms with Crippen LogP contribution in [0.1, 0.15) is 19.3 Å². The van der Waals surface area contributed by atoms with Crippen LogP contribution in [0.25, 0.3) is 0 Å². The summed E-state index contributed by atoms with van der Waals surface area (Å²) < 4.78 is 5.02. The third-order valence-electron chi connectivity index (χ3n) is 3.20. The lowest BCUT2D eigenvalue weighted by Gasteiger charge is -2.11. The van der Waals surface area contributed by atoms with Gasteiger partial charge in [-0.2, -0.15) is 5.26 Å². The summed E-state index contributed by atoms with van der Waals surface area (Å²) in [6.45, 7) is 0. The molecular formula is C13H13N3O4. The number of non-ortho nitro benzene ring substituents is 1. The van der Waals surface area contributed by atoms with Crippen LogP contribution in [-0.2, 0) is 0 Å². The Balaban J connectivity index is 1.86. The van der Waals surface area contributed by atoms with Gasteiger partial charge in [-0.3, -0.25) is 10.1 Å².